The molecule has 0 aliphatic heterocycles. The van der Waals surface area contributed by atoms with Gasteiger partial charge in [-0.25, -0.2) is 8.78 Å². The van der Waals surface area contributed by atoms with Crippen LogP contribution < -0.4 is 5.73 Å². The number of nitrogen functional groups attached to an aromatic ring is 1. The highest BCUT2D eigenvalue weighted by Crippen LogP contribution is 2.26. The van der Waals surface area contributed by atoms with E-state index in [1.807, 2.05) is 0 Å². The highest BCUT2D eigenvalue weighted by Gasteiger charge is 2.04. The fraction of sp³-hybridized carbons (Fsp3) is 0.0769. The molecule has 0 heterocycles. The van der Waals surface area contributed by atoms with Crippen molar-refractivity contribution in [3.8, 4) is 0 Å². The summed E-state index contributed by atoms with van der Waals surface area (Å²) < 4.78 is 26.5. The van der Waals surface area contributed by atoms with E-state index in [-0.39, 0.29) is 11.5 Å². The first-order chi connectivity index (χ1) is 8.16. The normalized spacial score (nSPS) is 10.5. The van der Waals surface area contributed by atoms with Crippen LogP contribution in [0, 0.1) is 11.6 Å². The highest BCUT2D eigenvalue weighted by molar-refractivity contribution is 7.98. The number of hydrogen-bond acceptors (Lipinski definition) is 2. The van der Waals surface area contributed by atoms with Crippen molar-refractivity contribution in [2.24, 2.45) is 0 Å². The van der Waals surface area contributed by atoms with Crippen LogP contribution in [0.15, 0.2) is 47.4 Å². The molecule has 2 rings (SSSR count). The van der Waals surface area contributed by atoms with Crippen LogP contribution in [0.4, 0.5) is 14.5 Å². The quantitative estimate of drug-likeness (QED) is 0.662. The Morgan fingerprint density at radius 1 is 1.00 bits per heavy atom. The number of benzene rings is 2. The fourth-order valence-corrected chi connectivity index (χ4v) is 2.27. The molecule has 0 fully saturated rings. The summed E-state index contributed by atoms with van der Waals surface area (Å²) in [5, 5.41) is 0. The van der Waals surface area contributed by atoms with Crippen LogP contribution in [-0.2, 0) is 5.75 Å². The van der Waals surface area contributed by atoms with E-state index in [0.717, 1.165) is 5.56 Å². The minimum absolute atomic E-state index is 0.129. The number of halogens is 2. The minimum Gasteiger partial charge on any atom is -0.396 e. The zero-order chi connectivity index (χ0) is 12.3. The Hall–Kier alpha value is -1.55. The molecule has 0 spiro atoms. The molecule has 0 aliphatic rings. The van der Waals surface area contributed by atoms with Gasteiger partial charge in [-0.1, -0.05) is 18.2 Å². The first kappa shape index (κ1) is 11.9. The molecule has 2 N–H and O–H groups in total. The lowest BCUT2D eigenvalue weighted by Crippen LogP contribution is -1.92. The summed E-state index contributed by atoms with van der Waals surface area (Å²) >= 11 is 1.33. The topological polar surface area (TPSA) is 26.0 Å². The van der Waals surface area contributed by atoms with E-state index < -0.39 is 5.82 Å². The average molecular weight is 251 g/mol. The maximum absolute atomic E-state index is 13.3. The molecule has 0 aromatic heterocycles. The lowest BCUT2D eigenvalue weighted by atomic mass is 10.2. The molecular weight excluding hydrogens is 240 g/mol. The van der Waals surface area contributed by atoms with Crippen molar-refractivity contribution in [3.05, 3.63) is 59.7 Å². The summed E-state index contributed by atoms with van der Waals surface area (Å²) in [6.07, 6.45) is 0. The maximum Gasteiger partial charge on any atom is 0.146 e. The van der Waals surface area contributed by atoms with Crippen molar-refractivity contribution in [3.63, 3.8) is 0 Å². The second kappa shape index (κ2) is 5.19. The van der Waals surface area contributed by atoms with Gasteiger partial charge in [-0.05, 0) is 29.8 Å². The van der Waals surface area contributed by atoms with Crippen molar-refractivity contribution in [1.82, 2.24) is 0 Å². The summed E-state index contributed by atoms with van der Waals surface area (Å²) in [7, 11) is 0. The van der Waals surface area contributed by atoms with Crippen LogP contribution in [-0.4, -0.2) is 0 Å². The van der Waals surface area contributed by atoms with Crippen molar-refractivity contribution >= 4 is 17.4 Å². The summed E-state index contributed by atoms with van der Waals surface area (Å²) in [6.45, 7) is 0. The van der Waals surface area contributed by atoms with Crippen LogP contribution in [0.3, 0.4) is 0 Å². The van der Waals surface area contributed by atoms with Crippen molar-refractivity contribution < 1.29 is 8.78 Å². The van der Waals surface area contributed by atoms with Crippen LogP contribution in [0.5, 0.6) is 0 Å². The standard InChI is InChI=1S/C13H11F2NS/c14-10-3-1-2-4-13(10)17-8-9-5-6-12(16)11(15)7-9/h1-7H,8,16H2. The predicted molar refractivity (Wildman–Crippen MR) is 66.8 cm³/mol. The first-order valence-electron chi connectivity index (χ1n) is 5.08. The largest absolute Gasteiger partial charge is 0.396 e. The second-order valence-corrected chi connectivity index (χ2v) is 4.59. The average Bonchev–Trinajstić information content (AvgIpc) is 2.32. The summed E-state index contributed by atoms with van der Waals surface area (Å²) in [4.78, 5) is 0.560. The van der Waals surface area contributed by atoms with Gasteiger partial charge in [0.05, 0.1) is 5.69 Å². The van der Waals surface area contributed by atoms with Gasteiger partial charge in [-0.3, -0.25) is 0 Å². The number of rotatable bonds is 3. The molecule has 88 valence electrons. The zero-order valence-electron chi connectivity index (χ0n) is 8.99. The van der Waals surface area contributed by atoms with Gasteiger partial charge in [0.15, 0.2) is 0 Å². The van der Waals surface area contributed by atoms with Gasteiger partial charge in [-0.2, -0.15) is 0 Å². The molecule has 0 amide bonds. The fourth-order valence-electron chi connectivity index (χ4n) is 1.38. The van der Waals surface area contributed by atoms with Crippen molar-refractivity contribution in [1.29, 1.82) is 0 Å². The molecule has 0 bridgehead atoms. The molecular formula is C13H11F2NS. The molecule has 0 radical (unpaired) electrons. The van der Waals surface area contributed by atoms with E-state index in [2.05, 4.69) is 0 Å². The monoisotopic (exact) mass is 251 g/mol. The highest BCUT2D eigenvalue weighted by atomic mass is 32.2. The molecule has 0 atom stereocenters. The van der Waals surface area contributed by atoms with Crippen LogP contribution >= 0.6 is 11.8 Å². The predicted octanol–water partition coefficient (Wildman–Crippen LogP) is 3.84. The molecule has 17 heavy (non-hydrogen) atoms. The van der Waals surface area contributed by atoms with Crippen LogP contribution in [0.1, 0.15) is 5.56 Å². The Morgan fingerprint density at radius 3 is 2.47 bits per heavy atom. The van der Waals surface area contributed by atoms with Gasteiger partial charge < -0.3 is 5.73 Å². The second-order valence-electron chi connectivity index (χ2n) is 3.57. The Labute approximate surface area is 103 Å². The maximum atomic E-state index is 13.3. The SMILES string of the molecule is Nc1ccc(CSc2ccccc2F)cc1F. The number of anilines is 1. The molecule has 2 aromatic carbocycles. The van der Waals surface area contributed by atoms with Crippen molar-refractivity contribution in [2.75, 3.05) is 5.73 Å². The van der Waals surface area contributed by atoms with Gasteiger partial charge in [-0.15, -0.1) is 11.8 Å². The van der Waals surface area contributed by atoms with Crippen LogP contribution in [0.2, 0.25) is 0 Å². The van der Waals surface area contributed by atoms with Gasteiger partial charge in [0.2, 0.25) is 0 Å². The Morgan fingerprint density at radius 2 is 1.76 bits per heavy atom. The Kier molecular flexibility index (Phi) is 3.64. The first-order valence-corrected chi connectivity index (χ1v) is 6.06. The molecule has 0 saturated heterocycles. The van der Waals surface area contributed by atoms with Crippen molar-refractivity contribution in [2.45, 2.75) is 10.6 Å². The lowest BCUT2D eigenvalue weighted by molar-refractivity contribution is 0.602. The van der Waals surface area contributed by atoms with E-state index >= 15 is 0 Å². The van der Waals surface area contributed by atoms with Crippen LogP contribution in [0.25, 0.3) is 0 Å². The number of thioether (sulfide) groups is 1. The molecule has 1 nitrogen and oxygen atoms in total. The van der Waals surface area contributed by atoms with E-state index in [0.29, 0.717) is 10.6 Å². The Balaban J connectivity index is 2.08. The van der Waals surface area contributed by atoms with Gasteiger partial charge >= 0.3 is 0 Å². The number of nitrogens with two attached hydrogens (primary N) is 1. The summed E-state index contributed by atoms with van der Waals surface area (Å²) in [5.41, 5.74) is 6.29. The van der Waals surface area contributed by atoms with E-state index in [1.54, 1.807) is 24.3 Å². The Bertz CT molecular complexity index is 529. The molecule has 2 aromatic rings. The minimum atomic E-state index is -0.434. The van der Waals surface area contributed by atoms with E-state index in [9.17, 15) is 8.78 Å². The van der Waals surface area contributed by atoms with E-state index in [4.69, 9.17) is 5.73 Å². The van der Waals surface area contributed by atoms with E-state index in [1.165, 1.54) is 30.0 Å². The lowest BCUT2D eigenvalue weighted by Gasteiger charge is -2.04. The molecule has 0 saturated carbocycles. The third kappa shape index (κ3) is 2.97. The third-order valence-electron chi connectivity index (χ3n) is 2.30. The smallest absolute Gasteiger partial charge is 0.146 e. The molecule has 0 aliphatic carbocycles. The van der Waals surface area contributed by atoms with Gasteiger partial charge in [0.25, 0.3) is 0 Å². The third-order valence-corrected chi connectivity index (χ3v) is 3.42. The van der Waals surface area contributed by atoms with Gasteiger partial charge in [0, 0.05) is 10.6 Å². The molecule has 0 unspecified atom stereocenters. The van der Waals surface area contributed by atoms with Gasteiger partial charge in [0.1, 0.15) is 11.6 Å². The summed E-state index contributed by atoms with van der Waals surface area (Å²) in [5.74, 6) is -0.178. The molecule has 4 heteroatoms. The number of hydrogen-bond donors (Lipinski definition) is 1. The summed E-state index contributed by atoms with van der Waals surface area (Å²) in [6, 6.07) is 11.2. The zero-order valence-corrected chi connectivity index (χ0v) is 9.81.